The van der Waals surface area contributed by atoms with Crippen LogP contribution < -0.4 is 5.73 Å². The number of ether oxygens (including phenoxy) is 1. The van der Waals surface area contributed by atoms with Gasteiger partial charge in [-0.15, -0.1) is 0 Å². The van der Waals surface area contributed by atoms with Gasteiger partial charge in [0.2, 0.25) is 0 Å². The molecule has 1 saturated heterocycles. The molecule has 1 fully saturated rings. The normalized spacial score (nSPS) is 33.6. The first-order valence-electron chi connectivity index (χ1n) is 6.05. The van der Waals surface area contributed by atoms with E-state index in [9.17, 15) is 5.11 Å². The first-order valence-corrected chi connectivity index (χ1v) is 6.05. The Labute approximate surface area is 102 Å². The summed E-state index contributed by atoms with van der Waals surface area (Å²) in [4.78, 5) is 4.06. The van der Waals surface area contributed by atoms with Crippen molar-refractivity contribution in [1.29, 1.82) is 0 Å². The van der Waals surface area contributed by atoms with Crippen molar-refractivity contribution in [1.82, 2.24) is 4.98 Å². The molecule has 2 atom stereocenters. The van der Waals surface area contributed by atoms with Crippen molar-refractivity contribution in [3.05, 3.63) is 24.0 Å². The summed E-state index contributed by atoms with van der Waals surface area (Å²) < 4.78 is 5.75. The molecule has 3 N–H and O–H groups in total. The van der Waals surface area contributed by atoms with Crippen LogP contribution in [0.3, 0.4) is 0 Å². The molecular weight excluding hydrogens is 216 g/mol. The number of hydrogen-bond acceptors (Lipinski definition) is 4. The second-order valence-corrected chi connectivity index (χ2v) is 5.07. The van der Waals surface area contributed by atoms with Crippen LogP contribution >= 0.6 is 0 Å². The minimum atomic E-state index is -0.915. The fraction of sp³-hybridized carbons (Fsp3) is 0.615. The van der Waals surface area contributed by atoms with Crippen molar-refractivity contribution < 1.29 is 9.84 Å². The molecule has 0 amide bonds. The van der Waals surface area contributed by atoms with Gasteiger partial charge >= 0.3 is 0 Å². The maximum Gasteiger partial charge on any atom is 0.0980 e. The number of nitrogens with two attached hydrogens (primary N) is 1. The average Bonchev–Trinajstić information content (AvgIpc) is 2.29. The molecule has 17 heavy (non-hydrogen) atoms. The quantitative estimate of drug-likeness (QED) is 0.822. The molecule has 2 heterocycles. The van der Waals surface area contributed by atoms with Gasteiger partial charge in [-0.2, -0.15) is 0 Å². The lowest BCUT2D eigenvalue weighted by Crippen LogP contribution is -2.45. The first kappa shape index (κ1) is 12.3. The third-order valence-corrected chi connectivity index (χ3v) is 3.74. The maximum absolute atomic E-state index is 10.8. The third-order valence-electron chi connectivity index (χ3n) is 3.74. The molecule has 94 valence electrons. The van der Waals surface area contributed by atoms with E-state index >= 15 is 0 Å². The van der Waals surface area contributed by atoms with Crippen LogP contribution in [0.2, 0.25) is 0 Å². The third kappa shape index (κ3) is 2.28. The minimum absolute atomic E-state index is 0.282. The Morgan fingerprint density at radius 1 is 1.59 bits per heavy atom. The molecule has 0 aliphatic carbocycles. The lowest BCUT2D eigenvalue weighted by Gasteiger charge is -2.43. The standard InChI is InChI=1S/C13H20N2O2/c1-3-12(2)9-13(16,5-7-17-12)10-8-15-6-4-11(10)14/h4,6,8,16H,3,5,7,9H2,1-2H3,(H2,14,15). The fourth-order valence-electron chi connectivity index (χ4n) is 2.48. The second-order valence-electron chi connectivity index (χ2n) is 5.07. The second kappa shape index (κ2) is 4.27. The molecule has 4 heteroatoms. The number of pyridine rings is 1. The highest BCUT2D eigenvalue weighted by Gasteiger charge is 2.43. The zero-order chi connectivity index (χ0) is 12.5. The molecule has 0 saturated carbocycles. The van der Waals surface area contributed by atoms with E-state index in [0.717, 1.165) is 12.0 Å². The van der Waals surface area contributed by atoms with Crippen molar-refractivity contribution in [2.24, 2.45) is 0 Å². The first-order chi connectivity index (χ1) is 7.99. The Morgan fingerprint density at radius 3 is 3.00 bits per heavy atom. The molecular formula is C13H20N2O2. The summed E-state index contributed by atoms with van der Waals surface area (Å²) in [5, 5.41) is 10.8. The van der Waals surface area contributed by atoms with Gasteiger partial charge in [-0.25, -0.2) is 0 Å². The smallest absolute Gasteiger partial charge is 0.0980 e. The largest absolute Gasteiger partial charge is 0.398 e. The van der Waals surface area contributed by atoms with Crippen LogP contribution in [0.1, 0.15) is 38.7 Å². The van der Waals surface area contributed by atoms with Crippen LogP contribution in [-0.4, -0.2) is 22.3 Å². The van der Waals surface area contributed by atoms with Gasteiger partial charge in [0, 0.05) is 36.5 Å². The average molecular weight is 236 g/mol. The summed E-state index contributed by atoms with van der Waals surface area (Å²) >= 11 is 0. The maximum atomic E-state index is 10.8. The van der Waals surface area contributed by atoms with Gasteiger partial charge in [-0.1, -0.05) is 6.92 Å². The number of anilines is 1. The summed E-state index contributed by atoms with van der Waals surface area (Å²) in [5.41, 5.74) is 6.05. The number of nitrogen functional groups attached to an aromatic ring is 1. The van der Waals surface area contributed by atoms with Crippen LogP contribution in [0.5, 0.6) is 0 Å². The summed E-state index contributed by atoms with van der Waals surface area (Å²) in [7, 11) is 0. The molecule has 0 bridgehead atoms. The Kier molecular flexibility index (Phi) is 3.10. The van der Waals surface area contributed by atoms with Crippen molar-refractivity contribution in [2.45, 2.75) is 44.3 Å². The van der Waals surface area contributed by atoms with Gasteiger partial charge in [0.05, 0.1) is 17.8 Å². The summed E-state index contributed by atoms with van der Waals surface area (Å²) in [5.74, 6) is 0. The van der Waals surface area contributed by atoms with Gasteiger partial charge in [0.25, 0.3) is 0 Å². The molecule has 0 aromatic carbocycles. The lowest BCUT2D eigenvalue weighted by molar-refractivity contribution is -0.157. The zero-order valence-corrected chi connectivity index (χ0v) is 10.4. The predicted octanol–water partition coefficient (Wildman–Crippen LogP) is 1.83. The van der Waals surface area contributed by atoms with E-state index in [1.54, 1.807) is 18.5 Å². The highest BCUT2D eigenvalue weighted by molar-refractivity contribution is 5.48. The number of aromatic nitrogens is 1. The minimum Gasteiger partial charge on any atom is -0.398 e. The van der Waals surface area contributed by atoms with Crippen molar-refractivity contribution >= 4 is 5.69 Å². The lowest BCUT2D eigenvalue weighted by atomic mass is 9.77. The van der Waals surface area contributed by atoms with Crippen LogP contribution in [0.4, 0.5) is 5.69 Å². The molecule has 1 aliphatic rings. The molecule has 2 rings (SSSR count). The molecule has 0 radical (unpaired) electrons. The predicted molar refractivity (Wildman–Crippen MR) is 66.4 cm³/mol. The summed E-state index contributed by atoms with van der Waals surface area (Å²) in [6.07, 6.45) is 5.30. The number of hydrogen-bond donors (Lipinski definition) is 2. The Hall–Kier alpha value is -1.13. The summed E-state index contributed by atoms with van der Waals surface area (Å²) in [6.45, 7) is 4.65. The van der Waals surface area contributed by atoms with Crippen LogP contribution in [-0.2, 0) is 10.3 Å². The number of nitrogens with zero attached hydrogens (tertiary/aromatic N) is 1. The van der Waals surface area contributed by atoms with E-state index in [1.807, 2.05) is 6.92 Å². The van der Waals surface area contributed by atoms with Crippen molar-refractivity contribution in [2.75, 3.05) is 12.3 Å². The highest BCUT2D eigenvalue weighted by atomic mass is 16.5. The Balaban J connectivity index is 2.33. The topological polar surface area (TPSA) is 68.4 Å². The van der Waals surface area contributed by atoms with Crippen LogP contribution in [0.15, 0.2) is 18.5 Å². The van der Waals surface area contributed by atoms with Crippen molar-refractivity contribution in [3.63, 3.8) is 0 Å². The van der Waals surface area contributed by atoms with E-state index in [1.165, 1.54) is 0 Å². The molecule has 1 aliphatic heterocycles. The molecule has 2 unspecified atom stereocenters. The van der Waals surface area contributed by atoms with Crippen molar-refractivity contribution in [3.8, 4) is 0 Å². The van der Waals surface area contributed by atoms with Crippen LogP contribution in [0, 0.1) is 0 Å². The zero-order valence-electron chi connectivity index (χ0n) is 10.4. The van der Waals surface area contributed by atoms with Gasteiger partial charge in [0.1, 0.15) is 0 Å². The monoisotopic (exact) mass is 236 g/mol. The number of rotatable bonds is 2. The highest BCUT2D eigenvalue weighted by Crippen LogP contribution is 2.42. The van der Waals surface area contributed by atoms with Gasteiger partial charge < -0.3 is 15.6 Å². The SMILES string of the molecule is CCC1(C)CC(O)(c2cnccc2N)CCO1. The van der Waals surface area contributed by atoms with Gasteiger partial charge in [0.15, 0.2) is 0 Å². The summed E-state index contributed by atoms with van der Waals surface area (Å²) in [6, 6.07) is 1.73. The van der Waals surface area contributed by atoms with Crippen LogP contribution in [0.25, 0.3) is 0 Å². The Morgan fingerprint density at radius 2 is 2.35 bits per heavy atom. The fourth-order valence-corrected chi connectivity index (χ4v) is 2.48. The Bertz CT molecular complexity index is 410. The molecule has 0 spiro atoms. The van der Waals surface area contributed by atoms with E-state index in [-0.39, 0.29) is 5.60 Å². The molecule has 1 aromatic rings. The van der Waals surface area contributed by atoms with E-state index in [0.29, 0.717) is 25.1 Å². The van der Waals surface area contributed by atoms with Gasteiger partial charge in [-0.3, -0.25) is 4.98 Å². The van der Waals surface area contributed by atoms with E-state index in [2.05, 4.69) is 11.9 Å². The molecule has 4 nitrogen and oxygen atoms in total. The number of aliphatic hydroxyl groups is 1. The van der Waals surface area contributed by atoms with E-state index in [4.69, 9.17) is 10.5 Å². The molecule has 1 aromatic heterocycles. The van der Waals surface area contributed by atoms with Gasteiger partial charge in [-0.05, 0) is 19.4 Å². The van der Waals surface area contributed by atoms with E-state index < -0.39 is 5.60 Å².